The summed E-state index contributed by atoms with van der Waals surface area (Å²) in [5, 5.41) is 1.43. The van der Waals surface area contributed by atoms with E-state index in [0.717, 1.165) is 10.4 Å². The Bertz CT molecular complexity index is 800. The number of thiophene rings is 1. The van der Waals surface area contributed by atoms with Gasteiger partial charge in [-0.15, -0.1) is 11.3 Å². The van der Waals surface area contributed by atoms with Gasteiger partial charge in [-0.2, -0.15) is 0 Å². The molecule has 4 nitrogen and oxygen atoms in total. The third-order valence-corrected chi connectivity index (χ3v) is 8.05. The lowest BCUT2D eigenvalue weighted by molar-refractivity contribution is -0.131. The van der Waals surface area contributed by atoms with Crippen LogP contribution in [0.2, 0.25) is 0 Å². The van der Waals surface area contributed by atoms with E-state index in [9.17, 15) is 13.2 Å². The largest absolute Gasteiger partial charge is 0.342 e. The van der Waals surface area contributed by atoms with Crippen LogP contribution < -0.4 is 0 Å². The molecule has 0 spiro atoms. The van der Waals surface area contributed by atoms with Crippen molar-refractivity contribution < 1.29 is 13.2 Å². The van der Waals surface area contributed by atoms with Gasteiger partial charge in [-0.3, -0.25) is 4.79 Å². The maximum Gasteiger partial charge on any atom is 0.223 e. The van der Waals surface area contributed by atoms with Gasteiger partial charge in [0, 0.05) is 24.4 Å². The summed E-state index contributed by atoms with van der Waals surface area (Å²) in [7, 11) is -3.21. The first-order valence-corrected chi connectivity index (χ1v) is 11.1. The molecule has 1 aliphatic rings. The molecule has 0 radical (unpaired) electrons. The second-order valence-corrected chi connectivity index (χ2v) is 9.84. The first-order valence-electron chi connectivity index (χ1n) is 8.55. The summed E-state index contributed by atoms with van der Waals surface area (Å²) < 4.78 is 25.2. The van der Waals surface area contributed by atoms with Gasteiger partial charge in [0.2, 0.25) is 5.91 Å². The Morgan fingerprint density at radius 3 is 2.64 bits per heavy atom. The van der Waals surface area contributed by atoms with Gasteiger partial charge in [-0.25, -0.2) is 8.42 Å². The average molecular weight is 378 g/mol. The number of nitrogens with zero attached hydrogens (tertiary/aromatic N) is 1. The molecular weight excluding hydrogens is 354 g/mol. The Labute approximate surface area is 153 Å². The van der Waals surface area contributed by atoms with Crippen molar-refractivity contribution in [2.75, 3.05) is 18.8 Å². The highest BCUT2D eigenvalue weighted by Crippen LogP contribution is 2.32. The summed E-state index contributed by atoms with van der Waals surface area (Å²) in [5.41, 5.74) is 1.13. The van der Waals surface area contributed by atoms with Crippen LogP contribution in [0.4, 0.5) is 0 Å². The number of benzene rings is 1. The Hall–Kier alpha value is -1.66. The van der Waals surface area contributed by atoms with Crippen molar-refractivity contribution in [2.24, 2.45) is 0 Å². The topological polar surface area (TPSA) is 54.5 Å². The number of amides is 1. The molecule has 0 bridgehead atoms. The average Bonchev–Trinajstić information content (AvgIpc) is 3.07. The normalized spacial score (nSPS) is 21.5. The molecule has 2 atom stereocenters. The van der Waals surface area contributed by atoms with Crippen molar-refractivity contribution in [3.05, 3.63) is 58.3 Å². The van der Waals surface area contributed by atoms with E-state index in [2.05, 4.69) is 0 Å². The SMILES string of the molecule is CC(CC(=O)N1CCC(c2cccs2)S(=O)(=O)CC1)c1ccccc1. The standard InChI is InChI=1S/C19H23NO3S2/c1-15(16-6-3-2-4-7-16)14-19(21)20-10-9-18(17-8-5-12-24-17)25(22,23)13-11-20/h2-8,12,15,18H,9-11,13-14H2,1H3. The van der Waals surface area contributed by atoms with Crippen LogP contribution in [-0.2, 0) is 14.6 Å². The fraction of sp³-hybridized carbons (Fsp3) is 0.421. The highest BCUT2D eigenvalue weighted by atomic mass is 32.2. The predicted molar refractivity (Wildman–Crippen MR) is 102 cm³/mol. The van der Waals surface area contributed by atoms with Crippen molar-refractivity contribution in [3.8, 4) is 0 Å². The highest BCUT2D eigenvalue weighted by Gasteiger charge is 2.33. The maximum atomic E-state index is 12.7. The fourth-order valence-corrected chi connectivity index (χ4v) is 6.28. The monoisotopic (exact) mass is 377 g/mol. The van der Waals surface area contributed by atoms with Gasteiger partial charge < -0.3 is 4.90 Å². The van der Waals surface area contributed by atoms with E-state index in [0.29, 0.717) is 25.9 Å². The fourth-order valence-electron chi connectivity index (χ4n) is 3.28. The molecule has 0 saturated carbocycles. The molecule has 2 heterocycles. The van der Waals surface area contributed by atoms with Crippen LogP contribution in [-0.4, -0.2) is 38.1 Å². The summed E-state index contributed by atoms with van der Waals surface area (Å²) >= 11 is 1.48. The molecule has 1 aromatic heterocycles. The zero-order chi connectivity index (χ0) is 17.9. The van der Waals surface area contributed by atoms with E-state index in [1.807, 2.05) is 54.8 Å². The van der Waals surface area contributed by atoms with E-state index in [1.54, 1.807) is 4.90 Å². The lowest BCUT2D eigenvalue weighted by Crippen LogP contribution is -2.34. The zero-order valence-electron chi connectivity index (χ0n) is 14.3. The van der Waals surface area contributed by atoms with E-state index >= 15 is 0 Å². The number of carbonyl (C=O) groups excluding carboxylic acids is 1. The Balaban J connectivity index is 1.67. The number of hydrogen-bond acceptors (Lipinski definition) is 4. The molecule has 1 aromatic carbocycles. The van der Waals surface area contributed by atoms with E-state index < -0.39 is 15.1 Å². The van der Waals surface area contributed by atoms with Gasteiger partial charge >= 0.3 is 0 Å². The zero-order valence-corrected chi connectivity index (χ0v) is 15.9. The van der Waals surface area contributed by atoms with Crippen LogP contribution in [0.1, 0.15) is 41.4 Å². The van der Waals surface area contributed by atoms with Gasteiger partial charge in [0.1, 0.15) is 0 Å². The molecule has 2 unspecified atom stereocenters. The summed E-state index contributed by atoms with van der Waals surface area (Å²) in [5.74, 6) is 0.209. The van der Waals surface area contributed by atoms with Crippen molar-refractivity contribution in [1.82, 2.24) is 4.90 Å². The predicted octanol–water partition coefficient (Wildman–Crippen LogP) is 3.63. The molecule has 3 rings (SSSR count). The molecular formula is C19H23NO3S2. The maximum absolute atomic E-state index is 12.7. The van der Waals surface area contributed by atoms with Gasteiger partial charge in [0.15, 0.2) is 9.84 Å². The van der Waals surface area contributed by atoms with E-state index in [4.69, 9.17) is 0 Å². The number of sulfone groups is 1. The first-order chi connectivity index (χ1) is 12.0. The summed E-state index contributed by atoms with van der Waals surface area (Å²) in [6, 6.07) is 13.7. The minimum atomic E-state index is -3.21. The van der Waals surface area contributed by atoms with Gasteiger partial charge in [0.25, 0.3) is 0 Å². The second-order valence-electron chi connectivity index (χ2n) is 6.56. The van der Waals surface area contributed by atoms with Crippen LogP contribution in [0.3, 0.4) is 0 Å². The Kier molecular flexibility index (Phi) is 5.59. The lowest BCUT2D eigenvalue weighted by Gasteiger charge is -2.22. The molecule has 0 aliphatic carbocycles. The molecule has 134 valence electrons. The number of carbonyl (C=O) groups is 1. The lowest BCUT2D eigenvalue weighted by atomic mass is 9.97. The molecule has 2 aromatic rings. The summed E-state index contributed by atoms with van der Waals surface area (Å²) in [6.45, 7) is 2.84. The molecule has 25 heavy (non-hydrogen) atoms. The molecule has 1 aliphatic heterocycles. The molecule has 1 amide bonds. The second kappa shape index (κ2) is 7.70. The van der Waals surface area contributed by atoms with Crippen LogP contribution in [0.15, 0.2) is 47.8 Å². The van der Waals surface area contributed by atoms with Crippen LogP contribution in [0.25, 0.3) is 0 Å². The van der Waals surface area contributed by atoms with Gasteiger partial charge in [-0.05, 0) is 29.3 Å². The van der Waals surface area contributed by atoms with Gasteiger partial charge in [0.05, 0.1) is 11.0 Å². The third-order valence-electron chi connectivity index (χ3n) is 4.80. The van der Waals surface area contributed by atoms with Crippen molar-refractivity contribution in [1.29, 1.82) is 0 Å². The molecule has 6 heteroatoms. The van der Waals surface area contributed by atoms with Crippen molar-refractivity contribution in [3.63, 3.8) is 0 Å². The quantitative estimate of drug-likeness (QED) is 0.817. The third kappa shape index (κ3) is 4.30. The van der Waals surface area contributed by atoms with E-state index in [-0.39, 0.29) is 17.6 Å². The minimum Gasteiger partial charge on any atom is -0.342 e. The summed E-state index contributed by atoms with van der Waals surface area (Å²) in [4.78, 5) is 15.3. The van der Waals surface area contributed by atoms with Crippen molar-refractivity contribution >= 4 is 27.1 Å². The molecule has 1 saturated heterocycles. The van der Waals surface area contributed by atoms with Crippen LogP contribution in [0, 0.1) is 0 Å². The van der Waals surface area contributed by atoms with E-state index in [1.165, 1.54) is 11.3 Å². The van der Waals surface area contributed by atoms with Gasteiger partial charge in [-0.1, -0.05) is 43.3 Å². The molecule has 1 fully saturated rings. The van der Waals surface area contributed by atoms with Crippen LogP contribution >= 0.6 is 11.3 Å². The van der Waals surface area contributed by atoms with Crippen molar-refractivity contribution in [2.45, 2.75) is 30.9 Å². The first kappa shape index (κ1) is 18.1. The Morgan fingerprint density at radius 2 is 1.96 bits per heavy atom. The smallest absolute Gasteiger partial charge is 0.223 e. The number of hydrogen-bond donors (Lipinski definition) is 0. The number of rotatable bonds is 4. The Morgan fingerprint density at radius 1 is 1.20 bits per heavy atom. The summed E-state index contributed by atoms with van der Waals surface area (Å²) in [6.07, 6.45) is 0.891. The molecule has 0 N–H and O–H groups in total. The minimum absolute atomic E-state index is 0.0402. The highest BCUT2D eigenvalue weighted by molar-refractivity contribution is 7.91. The van der Waals surface area contributed by atoms with Crippen LogP contribution in [0.5, 0.6) is 0 Å².